The zero-order chi connectivity index (χ0) is 41.2. The van der Waals surface area contributed by atoms with E-state index in [1.807, 2.05) is 22.8 Å². The van der Waals surface area contributed by atoms with Gasteiger partial charge in [-0.25, -0.2) is 19.9 Å². The monoisotopic (exact) mass is 826 g/mol. The zero-order valence-corrected chi connectivity index (χ0v) is 33.9. The number of halogens is 1. The van der Waals surface area contributed by atoms with Gasteiger partial charge in [0.2, 0.25) is 11.6 Å². The number of aromatic nitrogens is 6. The maximum absolute atomic E-state index is 12.7. The molecule has 2 aliphatic rings. The van der Waals surface area contributed by atoms with Crippen LogP contribution >= 0.6 is 15.9 Å². The molecule has 14 nitrogen and oxygen atoms in total. The van der Waals surface area contributed by atoms with Crippen LogP contribution in [0.15, 0.2) is 73.1 Å². The van der Waals surface area contributed by atoms with E-state index in [4.69, 9.17) is 10.5 Å². The summed E-state index contributed by atoms with van der Waals surface area (Å²) in [6, 6.07) is 21.5. The van der Waals surface area contributed by atoms with Crippen molar-refractivity contribution in [2.45, 2.75) is 66.5 Å². The molecule has 2 aromatic carbocycles. The van der Waals surface area contributed by atoms with Crippen LogP contribution < -0.4 is 5.32 Å². The Morgan fingerprint density at radius 1 is 0.649 bits per heavy atom. The second-order valence-corrected chi connectivity index (χ2v) is 16.5. The molecular weight excluding hydrogens is 788 g/mol. The minimum atomic E-state index is -0.300. The van der Waals surface area contributed by atoms with E-state index in [0.29, 0.717) is 34.4 Å². The third-order valence-corrected chi connectivity index (χ3v) is 9.46. The molecule has 0 unspecified atom stereocenters. The van der Waals surface area contributed by atoms with E-state index in [0.717, 1.165) is 39.7 Å². The molecule has 15 heteroatoms. The van der Waals surface area contributed by atoms with Crippen molar-refractivity contribution in [3.05, 3.63) is 118 Å². The molecule has 1 N–H and O–H groups in total. The van der Waals surface area contributed by atoms with Crippen molar-refractivity contribution >= 4 is 61.6 Å². The van der Waals surface area contributed by atoms with Crippen LogP contribution in [-0.4, -0.2) is 57.6 Å². The summed E-state index contributed by atoms with van der Waals surface area (Å²) in [4.78, 5) is 65.4. The minimum Gasteiger partial charge on any atom is -0.328 e. The highest BCUT2D eigenvalue weighted by molar-refractivity contribution is 9.08. The molecule has 2 aliphatic heterocycles. The highest BCUT2D eigenvalue weighted by Gasteiger charge is 2.36. The Balaban J connectivity index is 0.000000161. The van der Waals surface area contributed by atoms with Crippen LogP contribution in [0.5, 0.6) is 0 Å². The number of hydrogen-bond acceptors (Lipinski definition) is 10. The van der Waals surface area contributed by atoms with E-state index in [1.54, 1.807) is 60.9 Å². The lowest BCUT2D eigenvalue weighted by Crippen LogP contribution is -2.30. The maximum Gasteiger partial charge on any atom is 0.261 e. The molecule has 0 spiro atoms. The molecule has 8 rings (SSSR count). The fourth-order valence-electron chi connectivity index (χ4n) is 6.50. The summed E-state index contributed by atoms with van der Waals surface area (Å²) in [6.45, 7) is 14.5. The van der Waals surface area contributed by atoms with Crippen molar-refractivity contribution in [3.63, 3.8) is 0 Å². The summed E-state index contributed by atoms with van der Waals surface area (Å²) in [5, 5.41) is 22.8. The Morgan fingerprint density at radius 3 is 1.46 bits per heavy atom. The van der Waals surface area contributed by atoms with Gasteiger partial charge in [-0.2, -0.15) is 10.5 Å². The molecule has 0 aliphatic carbocycles. The molecule has 0 fully saturated rings. The quantitative estimate of drug-likeness (QED) is 0.140. The Hall–Kier alpha value is -6.58. The van der Waals surface area contributed by atoms with Gasteiger partial charge in [-0.15, -0.1) is 0 Å². The third-order valence-electron chi connectivity index (χ3n) is 8.88. The van der Waals surface area contributed by atoms with Gasteiger partial charge < -0.3 is 9.13 Å². The van der Waals surface area contributed by atoms with E-state index < -0.39 is 0 Å². The Morgan fingerprint density at radius 2 is 1.05 bits per heavy atom. The van der Waals surface area contributed by atoms with Gasteiger partial charge in [-0.05, 0) is 47.2 Å². The average Bonchev–Trinajstić information content (AvgIpc) is 3.86. The maximum atomic E-state index is 12.7. The van der Waals surface area contributed by atoms with Crippen molar-refractivity contribution in [2.24, 2.45) is 10.8 Å². The average molecular weight is 828 g/mol. The lowest BCUT2D eigenvalue weighted by atomic mass is 9.97. The molecule has 6 aromatic rings. The van der Waals surface area contributed by atoms with Crippen LogP contribution in [0.4, 0.5) is 0 Å². The lowest BCUT2D eigenvalue weighted by molar-refractivity contribution is 0.0637. The largest absolute Gasteiger partial charge is 0.328 e. The molecule has 0 bridgehead atoms. The topological polar surface area (TPSA) is 193 Å². The summed E-state index contributed by atoms with van der Waals surface area (Å²) < 4.78 is 4.13. The first-order valence-corrected chi connectivity index (χ1v) is 19.1. The van der Waals surface area contributed by atoms with Crippen LogP contribution in [0.1, 0.15) is 106 Å². The Kier molecular flexibility index (Phi) is 11.2. The van der Waals surface area contributed by atoms with Gasteiger partial charge in [0.15, 0.2) is 0 Å². The molecule has 0 saturated heterocycles. The SMILES string of the molecule is CC(C)(C)Cn1c(CBr)cc2cnc(C#N)nc21.CC(C)(C)Cn1c(CN2C(=O)c3ccccc3C2=O)cc2cnc(C#N)nc21.O=C1NC(=O)c2ccccc21. The smallest absolute Gasteiger partial charge is 0.261 e. The number of carbonyl (C=O) groups is 4. The summed E-state index contributed by atoms with van der Waals surface area (Å²) in [5.41, 5.74) is 5.29. The van der Waals surface area contributed by atoms with Crippen LogP contribution in [0.2, 0.25) is 0 Å². The van der Waals surface area contributed by atoms with Crippen molar-refractivity contribution in [3.8, 4) is 12.1 Å². The molecule has 57 heavy (non-hydrogen) atoms. The van der Waals surface area contributed by atoms with Crippen molar-refractivity contribution in [2.75, 3.05) is 0 Å². The van der Waals surface area contributed by atoms with Gasteiger partial charge in [0.25, 0.3) is 23.6 Å². The van der Waals surface area contributed by atoms with E-state index in [2.05, 4.69) is 93.4 Å². The highest BCUT2D eigenvalue weighted by Crippen LogP contribution is 2.29. The van der Waals surface area contributed by atoms with Crippen LogP contribution in [0.25, 0.3) is 22.1 Å². The van der Waals surface area contributed by atoms with E-state index >= 15 is 0 Å². The van der Waals surface area contributed by atoms with Gasteiger partial charge in [-0.1, -0.05) is 81.7 Å². The van der Waals surface area contributed by atoms with Gasteiger partial charge in [0, 0.05) is 53.0 Å². The number of nitrogens with zero attached hydrogens (tertiary/aromatic N) is 9. The first-order chi connectivity index (χ1) is 27.0. The summed E-state index contributed by atoms with van der Waals surface area (Å²) >= 11 is 3.50. The standard InChI is InChI=1S/C21H19N5O2.C13H15BrN4.C8H5NO2/c1-21(2,3)12-26-14(8-13-10-23-17(9-22)24-18(13)26)11-25-19(27)15-6-4-5-7-16(15)20(25)28;1-13(2,3)8-18-10(5-14)4-9-7-16-11(6-15)17-12(9)18;10-7-5-3-1-2-4-6(5)8(11)9-7/h4-8,10H,11-12H2,1-3H3;4,7H,5,8H2,1-3H3;1-4H,(H,9,10,11). The second-order valence-electron chi connectivity index (χ2n) is 15.9. The minimum absolute atomic E-state index is 0.0690. The van der Waals surface area contributed by atoms with Crippen LogP contribution in [-0.2, 0) is 25.0 Å². The molecule has 4 amide bonds. The van der Waals surface area contributed by atoms with Gasteiger partial charge in [0.1, 0.15) is 23.4 Å². The van der Waals surface area contributed by atoms with Gasteiger partial charge in [0.05, 0.1) is 28.8 Å². The number of nitriles is 2. The number of nitrogens with one attached hydrogen (secondary N) is 1. The third kappa shape index (κ3) is 8.64. The number of imide groups is 2. The van der Waals surface area contributed by atoms with E-state index in [-0.39, 0.29) is 52.7 Å². The first-order valence-electron chi connectivity index (χ1n) is 18.0. The van der Waals surface area contributed by atoms with Crippen LogP contribution in [0.3, 0.4) is 0 Å². The number of rotatable bonds is 5. The van der Waals surface area contributed by atoms with Gasteiger partial charge >= 0.3 is 0 Å². The molecular formula is C42H39BrN10O4. The number of fused-ring (bicyclic) bond motifs is 4. The number of amides is 4. The summed E-state index contributed by atoms with van der Waals surface area (Å²) in [5.74, 6) is -0.880. The summed E-state index contributed by atoms with van der Waals surface area (Å²) in [6.07, 6.45) is 3.32. The molecule has 0 saturated carbocycles. The Bertz CT molecular complexity index is 2600. The number of carbonyl (C=O) groups excluding carboxylic acids is 4. The van der Waals surface area contributed by atoms with Crippen LogP contribution in [0, 0.1) is 33.5 Å². The molecule has 0 atom stereocenters. The van der Waals surface area contributed by atoms with E-state index in [9.17, 15) is 19.2 Å². The predicted molar refractivity (Wildman–Crippen MR) is 215 cm³/mol. The predicted octanol–water partition coefficient (Wildman–Crippen LogP) is 6.96. The Labute approximate surface area is 337 Å². The number of benzene rings is 2. The molecule has 288 valence electrons. The molecule has 4 aromatic heterocycles. The fraction of sp³-hybridized carbons (Fsp3) is 0.286. The van der Waals surface area contributed by atoms with Crippen molar-refractivity contribution in [1.29, 1.82) is 10.5 Å². The van der Waals surface area contributed by atoms with Gasteiger partial charge in [-0.3, -0.25) is 29.4 Å². The fourth-order valence-corrected chi connectivity index (χ4v) is 6.96. The number of alkyl halides is 1. The van der Waals surface area contributed by atoms with E-state index in [1.165, 1.54) is 4.90 Å². The highest BCUT2D eigenvalue weighted by atomic mass is 79.9. The lowest BCUT2D eigenvalue weighted by Gasteiger charge is -2.23. The normalized spacial score (nSPS) is 13.3. The molecule has 0 radical (unpaired) electrons. The van der Waals surface area contributed by atoms with Crippen molar-refractivity contribution in [1.82, 2.24) is 39.3 Å². The second kappa shape index (κ2) is 15.9. The summed E-state index contributed by atoms with van der Waals surface area (Å²) in [7, 11) is 0. The molecule has 6 heterocycles. The van der Waals surface area contributed by atoms with Crippen molar-refractivity contribution < 1.29 is 19.2 Å². The first kappa shape index (κ1) is 40.1. The zero-order valence-electron chi connectivity index (χ0n) is 32.3. The number of hydrogen-bond donors (Lipinski definition) is 1.